The highest BCUT2D eigenvalue weighted by molar-refractivity contribution is 5.95. The summed E-state index contributed by atoms with van der Waals surface area (Å²) in [6.07, 6.45) is 1.53. The van der Waals surface area contributed by atoms with E-state index < -0.39 is 23.2 Å². The summed E-state index contributed by atoms with van der Waals surface area (Å²) in [5.74, 6) is -1.42. The van der Waals surface area contributed by atoms with Gasteiger partial charge in [-0.05, 0) is 49.6 Å². The number of amides is 2. The number of phenols is 3. The molecule has 30 heavy (non-hydrogen) atoms. The number of nitrogens with one attached hydrogen (secondary N) is 1. The van der Waals surface area contributed by atoms with Gasteiger partial charge in [0.2, 0.25) is 5.91 Å². The van der Waals surface area contributed by atoms with Crippen LogP contribution in [0.25, 0.3) is 0 Å². The quantitative estimate of drug-likeness (QED) is 0.538. The minimum absolute atomic E-state index is 0.0392. The van der Waals surface area contributed by atoms with Crippen molar-refractivity contribution in [1.82, 2.24) is 10.2 Å². The molecule has 2 aromatic carbocycles. The van der Waals surface area contributed by atoms with Crippen LogP contribution in [-0.2, 0) is 11.2 Å². The number of aromatic hydroxyl groups is 3. The van der Waals surface area contributed by atoms with Crippen molar-refractivity contribution < 1.29 is 29.6 Å². The molecule has 1 aliphatic heterocycles. The zero-order valence-corrected chi connectivity index (χ0v) is 16.8. The summed E-state index contributed by atoms with van der Waals surface area (Å²) < 4.78 is 5.41. The summed E-state index contributed by atoms with van der Waals surface area (Å²) in [6.45, 7) is 3.58. The summed E-state index contributed by atoms with van der Waals surface area (Å²) in [4.78, 5) is 26.7. The molecule has 8 heteroatoms. The van der Waals surface area contributed by atoms with E-state index in [4.69, 9.17) is 4.74 Å². The Morgan fingerprint density at radius 1 is 1.07 bits per heavy atom. The summed E-state index contributed by atoms with van der Waals surface area (Å²) in [5.41, 5.74) is 0.975. The maximum absolute atomic E-state index is 12.6. The Morgan fingerprint density at radius 3 is 2.23 bits per heavy atom. The highest BCUT2D eigenvalue weighted by Gasteiger charge is 2.25. The molecule has 1 saturated heterocycles. The van der Waals surface area contributed by atoms with E-state index in [-0.39, 0.29) is 17.5 Å². The third kappa shape index (κ3) is 5.14. The van der Waals surface area contributed by atoms with Gasteiger partial charge in [0.25, 0.3) is 5.91 Å². The fraction of sp³-hybridized carbons (Fsp3) is 0.364. The lowest BCUT2D eigenvalue weighted by Crippen LogP contribution is -2.47. The van der Waals surface area contributed by atoms with Gasteiger partial charge in [-0.2, -0.15) is 0 Å². The monoisotopic (exact) mass is 414 g/mol. The second-order valence-corrected chi connectivity index (χ2v) is 7.25. The van der Waals surface area contributed by atoms with Crippen molar-refractivity contribution in [3.63, 3.8) is 0 Å². The molecule has 1 fully saturated rings. The molecule has 0 unspecified atom stereocenters. The van der Waals surface area contributed by atoms with E-state index in [9.17, 15) is 24.9 Å². The number of hydrogen-bond acceptors (Lipinski definition) is 6. The van der Waals surface area contributed by atoms with Crippen molar-refractivity contribution in [2.45, 2.75) is 32.2 Å². The molecule has 8 nitrogen and oxygen atoms in total. The van der Waals surface area contributed by atoms with Crippen molar-refractivity contribution in [2.24, 2.45) is 0 Å². The summed E-state index contributed by atoms with van der Waals surface area (Å²) in [7, 11) is 0. The lowest BCUT2D eigenvalue weighted by atomic mass is 10.0. The minimum Gasteiger partial charge on any atom is -0.504 e. The van der Waals surface area contributed by atoms with Crippen LogP contribution >= 0.6 is 0 Å². The van der Waals surface area contributed by atoms with Gasteiger partial charge in [-0.1, -0.05) is 12.1 Å². The van der Waals surface area contributed by atoms with Crippen LogP contribution in [0.2, 0.25) is 0 Å². The minimum atomic E-state index is -0.661. The number of likely N-dealkylation sites (tertiary alicyclic amines) is 1. The molecule has 0 aliphatic carbocycles. The molecule has 0 atom stereocenters. The van der Waals surface area contributed by atoms with Gasteiger partial charge in [0.15, 0.2) is 17.2 Å². The molecule has 0 aromatic heterocycles. The van der Waals surface area contributed by atoms with Crippen molar-refractivity contribution in [1.29, 1.82) is 0 Å². The lowest BCUT2D eigenvalue weighted by molar-refractivity contribution is -0.131. The van der Waals surface area contributed by atoms with E-state index in [1.807, 2.05) is 31.2 Å². The van der Waals surface area contributed by atoms with E-state index in [0.717, 1.165) is 23.4 Å². The zero-order valence-electron chi connectivity index (χ0n) is 16.8. The number of rotatable bonds is 6. The molecule has 1 aliphatic rings. The first-order chi connectivity index (χ1) is 14.4. The highest BCUT2D eigenvalue weighted by Crippen LogP contribution is 2.35. The molecule has 3 rings (SSSR count). The van der Waals surface area contributed by atoms with Crippen LogP contribution < -0.4 is 10.1 Å². The molecule has 4 N–H and O–H groups in total. The topological polar surface area (TPSA) is 119 Å². The van der Waals surface area contributed by atoms with Gasteiger partial charge in [-0.15, -0.1) is 0 Å². The van der Waals surface area contributed by atoms with Gasteiger partial charge in [-0.25, -0.2) is 0 Å². The number of carbonyl (C=O) groups excluding carboxylic acids is 2. The fourth-order valence-corrected chi connectivity index (χ4v) is 3.43. The standard InChI is InChI=1S/C22H26N2O6/c1-2-30-17-5-3-14(4-6-17)11-20(27)24-9-7-16(8-10-24)23-22(29)15-12-18(25)21(28)19(26)13-15/h3-6,12-13,16,25-26,28H,2,7-11H2,1H3,(H,23,29). The number of hydrogen-bond donors (Lipinski definition) is 4. The maximum Gasteiger partial charge on any atom is 0.251 e. The lowest BCUT2D eigenvalue weighted by Gasteiger charge is -2.32. The van der Waals surface area contributed by atoms with Crippen LogP contribution in [0.5, 0.6) is 23.0 Å². The predicted molar refractivity (Wildman–Crippen MR) is 110 cm³/mol. The molecule has 2 aromatic rings. The van der Waals surface area contributed by atoms with Crippen LogP contribution in [-0.4, -0.2) is 57.8 Å². The number of piperidine rings is 1. The molecule has 0 bridgehead atoms. The van der Waals surface area contributed by atoms with Crippen LogP contribution in [0.15, 0.2) is 36.4 Å². The van der Waals surface area contributed by atoms with Gasteiger partial charge < -0.3 is 30.3 Å². The zero-order chi connectivity index (χ0) is 21.7. The normalized spacial score (nSPS) is 14.4. The summed E-state index contributed by atoms with van der Waals surface area (Å²) >= 11 is 0. The molecule has 0 saturated carbocycles. The summed E-state index contributed by atoms with van der Waals surface area (Å²) in [6, 6.07) is 9.56. The van der Waals surface area contributed by atoms with Gasteiger partial charge in [0.05, 0.1) is 13.0 Å². The number of ether oxygens (including phenoxy) is 1. The second kappa shape index (κ2) is 9.39. The smallest absolute Gasteiger partial charge is 0.251 e. The molecule has 2 amide bonds. The number of carbonyl (C=O) groups is 2. The van der Waals surface area contributed by atoms with Gasteiger partial charge >= 0.3 is 0 Å². The third-order valence-electron chi connectivity index (χ3n) is 5.10. The fourth-order valence-electron chi connectivity index (χ4n) is 3.43. The van der Waals surface area contributed by atoms with Crippen LogP contribution in [0.4, 0.5) is 0 Å². The van der Waals surface area contributed by atoms with E-state index in [1.54, 1.807) is 4.90 Å². The molecule has 0 radical (unpaired) electrons. The molecular formula is C22H26N2O6. The molecule has 160 valence electrons. The maximum atomic E-state index is 12.6. The Labute approximate surface area is 174 Å². The van der Waals surface area contributed by atoms with Crippen molar-refractivity contribution in [2.75, 3.05) is 19.7 Å². The number of phenolic OH excluding ortho intramolecular Hbond substituents is 3. The first-order valence-electron chi connectivity index (χ1n) is 9.92. The predicted octanol–water partition coefficient (Wildman–Crippen LogP) is 2.17. The largest absolute Gasteiger partial charge is 0.504 e. The van der Waals surface area contributed by atoms with Gasteiger partial charge in [-0.3, -0.25) is 9.59 Å². The van der Waals surface area contributed by atoms with E-state index in [2.05, 4.69) is 5.32 Å². The van der Waals surface area contributed by atoms with Gasteiger partial charge in [0.1, 0.15) is 5.75 Å². The molecule has 1 heterocycles. The highest BCUT2D eigenvalue weighted by atomic mass is 16.5. The average molecular weight is 414 g/mol. The van der Waals surface area contributed by atoms with Crippen molar-refractivity contribution >= 4 is 11.8 Å². The van der Waals surface area contributed by atoms with Crippen LogP contribution in [0.3, 0.4) is 0 Å². The van der Waals surface area contributed by atoms with Gasteiger partial charge in [0, 0.05) is 24.7 Å². The van der Waals surface area contributed by atoms with Crippen LogP contribution in [0, 0.1) is 0 Å². The Bertz CT molecular complexity index is 881. The van der Waals surface area contributed by atoms with E-state index in [1.165, 1.54) is 0 Å². The van der Waals surface area contributed by atoms with E-state index >= 15 is 0 Å². The Morgan fingerprint density at radius 2 is 1.67 bits per heavy atom. The van der Waals surface area contributed by atoms with Crippen molar-refractivity contribution in [3.05, 3.63) is 47.5 Å². The Kier molecular flexibility index (Phi) is 6.66. The molecule has 0 spiro atoms. The third-order valence-corrected chi connectivity index (χ3v) is 5.10. The van der Waals surface area contributed by atoms with Crippen molar-refractivity contribution in [3.8, 4) is 23.0 Å². The van der Waals surface area contributed by atoms with E-state index in [0.29, 0.717) is 39.0 Å². The second-order valence-electron chi connectivity index (χ2n) is 7.25. The first kappa shape index (κ1) is 21.3. The Hall–Kier alpha value is -3.42. The van der Waals surface area contributed by atoms with Crippen LogP contribution in [0.1, 0.15) is 35.7 Å². The number of nitrogens with zero attached hydrogens (tertiary/aromatic N) is 1. The number of benzene rings is 2. The average Bonchev–Trinajstić information content (AvgIpc) is 2.73. The Balaban J connectivity index is 1.49. The SMILES string of the molecule is CCOc1ccc(CC(=O)N2CCC(NC(=O)c3cc(O)c(O)c(O)c3)CC2)cc1. The molecular weight excluding hydrogens is 388 g/mol. The summed E-state index contributed by atoms with van der Waals surface area (Å²) in [5, 5.41) is 31.3. The first-order valence-corrected chi connectivity index (χ1v) is 9.92.